The average molecular weight is 234 g/mol. The Hall–Kier alpha value is -1.51. The van der Waals surface area contributed by atoms with E-state index < -0.39 is 0 Å². The second kappa shape index (κ2) is 5.71. The van der Waals surface area contributed by atoms with Gasteiger partial charge in [0.15, 0.2) is 0 Å². The third-order valence-corrected chi connectivity index (χ3v) is 2.64. The Balaban J connectivity index is 2.96. The molecule has 1 rings (SSSR count). The van der Waals surface area contributed by atoms with Gasteiger partial charge in [0.25, 0.3) is 5.91 Å². The molecular formula is C14H22N2O. The van der Waals surface area contributed by atoms with Crippen LogP contribution in [0.15, 0.2) is 24.3 Å². The average Bonchev–Trinajstić information content (AvgIpc) is 2.25. The van der Waals surface area contributed by atoms with Crippen LogP contribution in [0.2, 0.25) is 0 Å². The first-order valence-electron chi connectivity index (χ1n) is 6.09. The van der Waals surface area contributed by atoms with Crippen LogP contribution in [-0.2, 0) is 0 Å². The van der Waals surface area contributed by atoms with E-state index in [0.29, 0.717) is 17.2 Å². The van der Waals surface area contributed by atoms with E-state index in [-0.39, 0.29) is 11.9 Å². The highest BCUT2D eigenvalue weighted by Crippen LogP contribution is 2.16. The van der Waals surface area contributed by atoms with E-state index in [1.54, 1.807) is 12.1 Å². The predicted octanol–water partition coefficient (Wildman–Crippen LogP) is 2.78. The van der Waals surface area contributed by atoms with Crippen LogP contribution in [0.3, 0.4) is 0 Å². The predicted molar refractivity (Wildman–Crippen MR) is 71.9 cm³/mol. The second-order valence-electron chi connectivity index (χ2n) is 5.03. The number of nitrogen functional groups attached to an aromatic ring is 1. The van der Waals surface area contributed by atoms with Crippen molar-refractivity contribution < 1.29 is 4.79 Å². The molecule has 0 fully saturated rings. The fourth-order valence-electron chi connectivity index (χ4n) is 1.77. The molecule has 1 aromatic rings. The summed E-state index contributed by atoms with van der Waals surface area (Å²) >= 11 is 0. The quantitative estimate of drug-likeness (QED) is 0.814. The molecule has 17 heavy (non-hydrogen) atoms. The monoisotopic (exact) mass is 234 g/mol. The van der Waals surface area contributed by atoms with E-state index in [9.17, 15) is 4.79 Å². The first-order valence-corrected chi connectivity index (χ1v) is 6.09. The summed E-state index contributed by atoms with van der Waals surface area (Å²) in [6.45, 7) is 9.03. The fraction of sp³-hybridized carbons (Fsp3) is 0.500. The maximum absolute atomic E-state index is 12.4. The SMILES string of the molecule is CC(C)CN(C(=O)c1ccccc1N)C(C)C. The van der Waals surface area contributed by atoms with Gasteiger partial charge in [0.1, 0.15) is 0 Å². The zero-order valence-electron chi connectivity index (χ0n) is 11.1. The number of hydrogen-bond donors (Lipinski definition) is 1. The molecule has 0 aliphatic rings. The fourth-order valence-corrected chi connectivity index (χ4v) is 1.77. The van der Waals surface area contributed by atoms with Crippen molar-refractivity contribution in [2.45, 2.75) is 33.7 Å². The van der Waals surface area contributed by atoms with E-state index >= 15 is 0 Å². The van der Waals surface area contributed by atoms with E-state index in [0.717, 1.165) is 6.54 Å². The topological polar surface area (TPSA) is 46.3 Å². The summed E-state index contributed by atoms with van der Waals surface area (Å²) in [6, 6.07) is 7.42. The second-order valence-corrected chi connectivity index (χ2v) is 5.03. The minimum atomic E-state index is 0.0202. The van der Waals surface area contributed by atoms with Crippen molar-refractivity contribution in [3.05, 3.63) is 29.8 Å². The number of rotatable bonds is 4. The lowest BCUT2D eigenvalue weighted by Crippen LogP contribution is -2.39. The minimum Gasteiger partial charge on any atom is -0.398 e. The van der Waals surface area contributed by atoms with Gasteiger partial charge in [0.05, 0.1) is 5.56 Å². The molecule has 0 unspecified atom stereocenters. The number of para-hydroxylation sites is 1. The maximum atomic E-state index is 12.4. The number of carbonyl (C=O) groups excluding carboxylic acids is 1. The van der Waals surface area contributed by atoms with E-state index in [1.165, 1.54) is 0 Å². The van der Waals surface area contributed by atoms with Crippen LogP contribution in [-0.4, -0.2) is 23.4 Å². The van der Waals surface area contributed by atoms with Crippen LogP contribution in [0.1, 0.15) is 38.1 Å². The number of anilines is 1. The summed E-state index contributed by atoms with van der Waals surface area (Å²) in [5, 5.41) is 0. The highest BCUT2D eigenvalue weighted by atomic mass is 16.2. The largest absolute Gasteiger partial charge is 0.398 e. The minimum absolute atomic E-state index is 0.0202. The molecular weight excluding hydrogens is 212 g/mol. The van der Waals surface area contributed by atoms with Crippen LogP contribution < -0.4 is 5.73 Å². The summed E-state index contributed by atoms with van der Waals surface area (Å²) in [7, 11) is 0. The lowest BCUT2D eigenvalue weighted by molar-refractivity contribution is 0.0683. The first-order chi connectivity index (χ1) is 7.93. The van der Waals surface area contributed by atoms with Gasteiger partial charge in [-0.2, -0.15) is 0 Å². The molecule has 0 bridgehead atoms. The molecule has 2 N–H and O–H groups in total. The van der Waals surface area contributed by atoms with Crippen LogP contribution >= 0.6 is 0 Å². The molecule has 0 saturated carbocycles. The molecule has 1 amide bonds. The summed E-state index contributed by atoms with van der Waals surface area (Å²) in [6.07, 6.45) is 0. The molecule has 1 aromatic carbocycles. The van der Waals surface area contributed by atoms with Gasteiger partial charge in [0, 0.05) is 18.3 Å². The van der Waals surface area contributed by atoms with Gasteiger partial charge in [-0.15, -0.1) is 0 Å². The van der Waals surface area contributed by atoms with Crippen molar-refractivity contribution >= 4 is 11.6 Å². The Bertz CT molecular complexity index is 386. The molecule has 0 saturated heterocycles. The smallest absolute Gasteiger partial charge is 0.256 e. The van der Waals surface area contributed by atoms with Crippen LogP contribution in [0, 0.1) is 5.92 Å². The Morgan fingerprint density at radius 2 is 1.82 bits per heavy atom. The van der Waals surface area contributed by atoms with Crippen LogP contribution in [0.4, 0.5) is 5.69 Å². The normalized spacial score (nSPS) is 10.9. The standard InChI is InChI=1S/C14H22N2O/c1-10(2)9-16(11(3)4)14(17)12-7-5-6-8-13(12)15/h5-8,10-11H,9,15H2,1-4H3. The van der Waals surface area contributed by atoms with Crippen LogP contribution in [0.5, 0.6) is 0 Å². The maximum Gasteiger partial charge on any atom is 0.256 e. The van der Waals surface area contributed by atoms with Crippen molar-refractivity contribution in [1.29, 1.82) is 0 Å². The number of benzene rings is 1. The van der Waals surface area contributed by atoms with Gasteiger partial charge >= 0.3 is 0 Å². The summed E-state index contributed by atoms with van der Waals surface area (Å²) < 4.78 is 0. The lowest BCUT2D eigenvalue weighted by atomic mass is 10.1. The highest BCUT2D eigenvalue weighted by Gasteiger charge is 2.20. The molecule has 0 aliphatic heterocycles. The third kappa shape index (κ3) is 3.48. The summed E-state index contributed by atoms with van der Waals surface area (Å²) in [4.78, 5) is 14.3. The molecule has 3 nitrogen and oxygen atoms in total. The number of hydrogen-bond acceptors (Lipinski definition) is 2. The van der Waals surface area contributed by atoms with Gasteiger partial charge in [-0.25, -0.2) is 0 Å². The highest BCUT2D eigenvalue weighted by molar-refractivity contribution is 5.99. The van der Waals surface area contributed by atoms with Gasteiger partial charge < -0.3 is 10.6 Å². The van der Waals surface area contributed by atoms with Gasteiger partial charge in [0.2, 0.25) is 0 Å². The molecule has 0 atom stereocenters. The summed E-state index contributed by atoms with van der Waals surface area (Å²) in [5.41, 5.74) is 6.99. The van der Waals surface area contributed by atoms with E-state index in [4.69, 9.17) is 5.73 Å². The molecule has 3 heteroatoms. The number of amides is 1. The van der Waals surface area contributed by atoms with Gasteiger partial charge in [-0.05, 0) is 31.9 Å². The molecule has 0 aromatic heterocycles. The molecule has 94 valence electrons. The zero-order valence-corrected chi connectivity index (χ0v) is 11.1. The summed E-state index contributed by atoms with van der Waals surface area (Å²) in [5.74, 6) is 0.470. The lowest BCUT2D eigenvalue weighted by Gasteiger charge is -2.29. The molecule has 0 aliphatic carbocycles. The van der Waals surface area contributed by atoms with Crippen molar-refractivity contribution in [1.82, 2.24) is 4.90 Å². The van der Waals surface area contributed by atoms with Crippen molar-refractivity contribution in [3.63, 3.8) is 0 Å². The van der Waals surface area contributed by atoms with Crippen molar-refractivity contribution in [3.8, 4) is 0 Å². The first kappa shape index (κ1) is 13.6. The van der Waals surface area contributed by atoms with E-state index in [2.05, 4.69) is 13.8 Å². The van der Waals surface area contributed by atoms with Crippen molar-refractivity contribution in [2.75, 3.05) is 12.3 Å². The Kier molecular flexibility index (Phi) is 4.55. The van der Waals surface area contributed by atoms with Gasteiger partial charge in [-0.3, -0.25) is 4.79 Å². The molecule has 0 radical (unpaired) electrons. The number of nitrogens with two attached hydrogens (primary N) is 1. The van der Waals surface area contributed by atoms with E-state index in [1.807, 2.05) is 30.9 Å². The number of nitrogens with zero attached hydrogens (tertiary/aromatic N) is 1. The van der Waals surface area contributed by atoms with Gasteiger partial charge in [-0.1, -0.05) is 26.0 Å². The Morgan fingerprint density at radius 3 is 2.29 bits per heavy atom. The molecule has 0 spiro atoms. The Labute approximate surface area is 104 Å². The number of carbonyl (C=O) groups is 1. The van der Waals surface area contributed by atoms with Crippen molar-refractivity contribution in [2.24, 2.45) is 5.92 Å². The van der Waals surface area contributed by atoms with Crippen LogP contribution in [0.25, 0.3) is 0 Å². The Morgan fingerprint density at radius 1 is 1.24 bits per heavy atom. The molecule has 0 heterocycles. The third-order valence-electron chi connectivity index (χ3n) is 2.64. The zero-order chi connectivity index (χ0) is 13.0.